The fourth-order valence-electron chi connectivity index (χ4n) is 1.42. The highest BCUT2D eigenvalue weighted by atomic mass is 15.4. The lowest BCUT2D eigenvalue weighted by atomic mass is 10.3. The van der Waals surface area contributed by atoms with E-state index >= 15 is 0 Å². The number of azide groups is 1. The van der Waals surface area contributed by atoms with Crippen molar-refractivity contribution in [2.75, 3.05) is 0 Å². The Bertz CT molecular complexity index is 323. The van der Waals surface area contributed by atoms with Crippen LogP contribution in [0.2, 0.25) is 0 Å². The lowest BCUT2D eigenvalue weighted by Crippen LogP contribution is -2.06. The zero-order chi connectivity index (χ0) is 8.55. The normalized spacial score (nSPS) is 20.2. The van der Waals surface area contributed by atoms with Crippen molar-refractivity contribution >= 4 is 0 Å². The average molecular weight is 164 g/mol. The molecule has 0 fully saturated rings. The highest BCUT2D eigenvalue weighted by Gasteiger charge is 2.22. The molecule has 62 valence electrons. The molecule has 0 aliphatic carbocycles. The molecule has 0 saturated carbocycles. The number of hydrogen-bond donors (Lipinski definition) is 0. The van der Waals surface area contributed by atoms with Crippen LogP contribution in [0, 0.1) is 6.92 Å². The first-order chi connectivity index (χ1) is 5.79. The van der Waals surface area contributed by atoms with E-state index in [1.807, 2.05) is 6.92 Å². The molecule has 0 spiro atoms. The molecule has 0 aromatic carbocycles. The van der Waals surface area contributed by atoms with Crippen LogP contribution in [-0.2, 0) is 13.0 Å². The summed E-state index contributed by atoms with van der Waals surface area (Å²) in [5.74, 6) is 1.70. The predicted octanol–water partition coefficient (Wildman–Crippen LogP) is 0.822. The summed E-state index contributed by atoms with van der Waals surface area (Å²) in [6.45, 7) is 2.52. The van der Waals surface area contributed by atoms with Gasteiger partial charge in [-0.05, 0) is 12.5 Å². The van der Waals surface area contributed by atoms with Gasteiger partial charge in [0.1, 0.15) is 11.6 Å². The third kappa shape index (κ3) is 1.02. The molecule has 0 N–H and O–H groups in total. The second-order valence-corrected chi connectivity index (χ2v) is 2.82. The van der Waals surface area contributed by atoms with Gasteiger partial charge in [0.15, 0.2) is 0 Å². The second kappa shape index (κ2) is 2.49. The van der Waals surface area contributed by atoms with Crippen molar-refractivity contribution in [3.63, 3.8) is 0 Å². The Morgan fingerprint density at radius 3 is 3.25 bits per heavy atom. The summed E-state index contributed by atoms with van der Waals surface area (Å²) in [6.07, 6.45) is 0.713. The zero-order valence-electron chi connectivity index (χ0n) is 6.67. The van der Waals surface area contributed by atoms with E-state index in [0.717, 1.165) is 11.6 Å². The van der Waals surface area contributed by atoms with Crippen LogP contribution < -0.4 is 0 Å². The van der Waals surface area contributed by atoms with Crippen LogP contribution >= 0.6 is 0 Å². The maximum atomic E-state index is 8.21. The van der Waals surface area contributed by atoms with Crippen molar-refractivity contribution in [2.24, 2.45) is 5.11 Å². The minimum atomic E-state index is 0.00519. The fourth-order valence-corrected chi connectivity index (χ4v) is 1.42. The molecular weight excluding hydrogens is 156 g/mol. The van der Waals surface area contributed by atoms with Gasteiger partial charge in [-0.15, -0.1) is 0 Å². The summed E-state index contributed by atoms with van der Waals surface area (Å²) in [7, 11) is 0. The number of nitrogens with zero attached hydrogens (tertiary/aromatic N) is 6. The first kappa shape index (κ1) is 7.12. The van der Waals surface area contributed by atoms with Gasteiger partial charge in [0.2, 0.25) is 0 Å². The largest absolute Gasteiger partial charge is 0.249 e. The third-order valence-electron chi connectivity index (χ3n) is 1.87. The molecular formula is C6H8N6. The summed E-state index contributed by atoms with van der Waals surface area (Å²) in [4.78, 5) is 6.95. The zero-order valence-corrected chi connectivity index (χ0v) is 6.67. The highest BCUT2D eigenvalue weighted by molar-refractivity contribution is 5.00. The van der Waals surface area contributed by atoms with E-state index in [1.54, 1.807) is 4.68 Å². The summed E-state index contributed by atoms with van der Waals surface area (Å²) in [5.41, 5.74) is 8.21. The van der Waals surface area contributed by atoms with Gasteiger partial charge in [-0.1, -0.05) is 5.11 Å². The Balaban J connectivity index is 2.23. The van der Waals surface area contributed by atoms with Crippen molar-refractivity contribution in [1.29, 1.82) is 0 Å². The van der Waals surface area contributed by atoms with Crippen molar-refractivity contribution < 1.29 is 0 Å². The number of rotatable bonds is 1. The van der Waals surface area contributed by atoms with Crippen LogP contribution in [0.4, 0.5) is 0 Å². The van der Waals surface area contributed by atoms with Crippen LogP contribution in [0.25, 0.3) is 10.4 Å². The maximum absolute atomic E-state index is 8.21. The SMILES string of the molecule is Cc1nc2n(n1)C[C@H](N=[N+]=[N-])C2. The summed E-state index contributed by atoms with van der Waals surface area (Å²) >= 11 is 0. The van der Waals surface area contributed by atoms with E-state index in [-0.39, 0.29) is 6.04 Å². The van der Waals surface area contributed by atoms with Crippen molar-refractivity contribution in [1.82, 2.24) is 14.8 Å². The molecule has 0 saturated heterocycles. The Morgan fingerprint density at radius 1 is 1.75 bits per heavy atom. The van der Waals surface area contributed by atoms with Crippen LogP contribution in [0.5, 0.6) is 0 Å². The molecule has 6 heteroatoms. The van der Waals surface area contributed by atoms with Gasteiger partial charge >= 0.3 is 0 Å². The number of aromatic nitrogens is 3. The topological polar surface area (TPSA) is 79.5 Å². The van der Waals surface area contributed by atoms with E-state index in [1.165, 1.54) is 0 Å². The van der Waals surface area contributed by atoms with Gasteiger partial charge in [0.05, 0.1) is 12.6 Å². The van der Waals surface area contributed by atoms with Crippen LogP contribution in [0.1, 0.15) is 11.6 Å². The minimum Gasteiger partial charge on any atom is -0.249 e. The minimum absolute atomic E-state index is 0.00519. The standard InChI is InChI=1S/C6H8N6/c1-4-8-6-2-5(9-11-7)3-12(6)10-4/h5H,2-3H2,1H3/t5-/m1/s1. The molecule has 6 nitrogen and oxygen atoms in total. The van der Waals surface area contributed by atoms with Gasteiger partial charge in [0, 0.05) is 11.3 Å². The van der Waals surface area contributed by atoms with Gasteiger partial charge in [-0.3, -0.25) is 0 Å². The lowest BCUT2D eigenvalue weighted by Gasteiger charge is -1.95. The summed E-state index contributed by atoms with van der Waals surface area (Å²) in [6, 6.07) is 0.00519. The van der Waals surface area contributed by atoms with E-state index < -0.39 is 0 Å². The molecule has 2 rings (SSSR count). The van der Waals surface area contributed by atoms with Gasteiger partial charge in [-0.25, -0.2) is 9.67 Å². The van der Waals surface area contributed by atoms with Crippen LogP contribution in [0.15, 0.2) is 5.11 Å². The molecule has 0 bridgehead atoms. The molecule has 1 aliphatic rings. The smallest absolute Gasteiger partial charge is 0.147 e. The first-order valence-corrected chi connectivity index (χ1v) is 3.74. The predicted molar refractivity (Wildman–Crippen MR) is 41.4 cm³/mol. The van der Waals surface area contributed by atoms with Crippen molar-refractivity contribution in [3.05, 3.63) is 22.1 Å². The second-order valence-electron chi connectivity index (χ2n) is 2.82. The third-order valence-corrected chi connectivity index (χ3v) is 1.87. The van der Waals surface area contributed by atoms with E-state index in [4.69, 9.17) is 5.53 Å². The molecule has 0 radical (unpaired) electrons. The van der Waals surface area contributed by atoms with Crippen LogP contribution in [0.3, 0.4) is 0 Å². The molecule has 1 atom stereocenters. The van der Waals surface area contributed by atoms with E-state index in [2.05, 4.69) is 20.1 Å². The van der Waals surface area contributed by atoms with Crippen LogP contribution in [-0.4, -0.2) is 20.8 Å². The summed E-state index contributed by atoms with van der Waals surface area (Å²) < 4.78 is 1.80. The number of aryl methyl sites for hydroxylation is 1. The monoisotopic (exact) mass is 164 g/mol. The molecule has 0 unspecified atom stereocenters. The fraction of sp³-hybridized carbons (Fsp3) is 0.667. The first-order valence-electron chi connectivity index (χ1n) is 3.74. The van der Waals surface area contributed by atoms with Crippen molar-refractivity contribution in [3.8, 4) is 0 Å². The quantitative estimate of drug-likeness (QED) is 0.350. The van der Waals surface area contributed by atoms with Gasteiger partial charge in [0.25, 0.3) is 0 Å². The Labute approximate surface area is 68.8 Å². The van der Waals surface area contributed by atoms with Gasteiger partial charge < -0.3 is 0 Å². The highest BCUT2D eigenvalue weighted by Crippen LogP contribution is 2.14. The Hall–Kier alpha value is -1.55. The average Bonchev–Trinajstić information content (AvgIpc) is 2.44. The lowest BCUT2D eigenvalue weighted by molar-refractivity contribution is 0.584. The molecule has 1 aliphatic heterocycles. The summed E-state index contributed by atoms with van der Waals surface area (Å²) in [5, 5.41) is 7.77. The van der Waals surface area contributed by atoms with Gasteiger partial charge in [-0.2, -0.15) is 5.10 Å². The molecule has 12 heavy (non-hydrogen) atoms. The number of fused-ring (bicyclic) bond motifs is 1. The Morgan fingerprint density at radius 2 is 2.58 bits per heavy atom. The van der Waals surface area contributed by atoms with Crippen molar-refractivity contribution in [2.45, 2.75) is 25.9 Å². The molecule has 2 heterocycles. The maximum Gasteiger partial charge on any atom is 0.147 e. The molecule has 1 aromatic rings. The van der Waals surface area contributed by atoms with E-state index in [9.17, 15) is 0 Å². The molecule has 1 aromatic heterocycles. The number of hydrogen-bond acceptors (Lipinski definition) is 3. The Kier molecular flexibility index (Phi) is 1.48. The molecule has 0 amide bonds. The van der Waals surface area contributed by atoms with E-state index in [0.29, 0.717) is 13.0 Å².